The topological polar surface area (TPSA) is 52.7 Å². The molecule has 43 heavy (non-hydrogen) atoms. The molecule has 4 aromatic rings. The Hall–Kier alpha value is -3.38. The van der Waals surface area contributed by atoms with Gasteiger partial charge in [-0.05, 0) is 64.8 Å². The fourth-order valence-corrected chi connectivity index (χ4v) is 7.47. The number of fused-ring (bicyclic) bond motifs is 1. The summed E-state index contributed by atoms with van der Waals surface area (Å²) in [4.78, 5) is 30.9. The molecule has 0 spiro atoms. The maximum atomic E-state index is 14.4. The van der Waals surface area contributed by atoms with Crippen molar-refractivity contribution in [3.8, 4) is 0 Å². The third-order valence-corrected chi connectivity index (χ3v) is 10.2. The highest BCUT2D eigenvalue weighted by Crippen LogP contribution is 2.57. The minimum Gasteiger partial charge on any atom is -0.347 e. The van der Waals surface area contributed by atoms with E-state index in [9.17, 15) is 9.59 Å². The minimum absolute atomic E-state index is 0.0158. The van der Waals surface area contributed by atoms with Crippen molar-refractivity contribution >= 4 is 45.8 Å². The molecular formula is C36H37Cl2N3O2. The van der Waals surface area contributed by atoms with Gasteiger partial charge in [0.05, 0.1) is 21.0 Å². The summed E-state index contributed by atoms with van der Waals surface area (Å²) in [5.41, 5.74) is 2.17. The zero-order valence-electron chi connectivity index (χ0n) is 24.7. The summed E-state index contributed by atoms with van der Waals surface area (Å²) in [6, 6.07) is 30.5. The van der Waals surface area contributed by atoms with Gasteiger partial charge < -0.3 is 15.1 Å². The number of hydrogen-bond acceptors (Lipinski definition) is 3. The lowest BCUT2D eigenvalue weighted by Crippen LogP contribution is -2.53. The summed E-state index contributed by atoms with van der Waals surface area (Å²) in [6.45, 7) is 4.59. The predicted octanol–water partition coefficient (Wildman–Crippen LogP) is 7.19. The van der Waals surface area contributed by atoms with Crippen LogP contribution >= 0.6 is 23.2 Å². The largest absolute Gasteiger partial charge is 0.347 e. The molecule has 222 valence electrons. The smallest absolute Gasteiger partial charge is 0.233 e. The molecule has 0 bridgehead atoms. The Morgan fingerprint density at radius 2 is 1.58 bits per heavy atom. The lowest BCUT2D eigenvalue weighted by molar-refractivity contribution is -0.133. The number of piperidine rings is 1. The number of carbonyl (C=O) groups is 2. The first-order chi connectivity index (χ1) is 20.7. The standard InChI is InChI=1S/C36H37Cl2N3O2/c1-25(42)39-35(28-12-4-3-5-13-28)17-19-41(20-18-35)24-30-22-36(30,29-15-16-32(37)33(38)21-29)34(43)40(2)23-27-11-8-10-26-9-6-7-14-31(26)27/h3-16,21,30H,17-20,22-24H2,1-2H3,(H,39,42). The van der Waals surface area contributed by atoms with Gasteiger partial charge in [0.1, 0.15) is 0 Å². The molecular weight excluding hydrogens is 577 g/mol. The van der Waals surface area contributed by atoms with Gasteiger partial charge in [-0.15, -0.1) is 0 Å². The second-order valence-corrected chi connectivity index (χ2v) is 13.0. The Labute approximate surface area is 263 Å². The molecule has 1 saturated heterocycles. The van der Waals surface area contributed by atoms with E-state index < -0.39 is 5.41 Å². The summed E-state index contributed by atoms with van der Waals surface area (Å²) in [5.74, 6) is 0.243. The first-order valence-corrected chi connectivity index (χ1v) is 15.7. The van der Waals surface area contributed by atoms with Crippen LogP contribution in [0.2, 0.25) is 10.0 Å². The Balaban J connectivity index is 1.22. The number of halogens is 2. The number of likely N-dealkylation sites (N-methyl/N-ethyl adjacent to an activating group) is 1. The van der Waals surface area contributed by atoms with Crippen molar-refractivity contribution in [1.29, 1.82) is 0 Å². The van der Waals surface area contributed by atoms with Gasteiger partial charge in [-0.25, -0.2) is 0 Å². The summed E-state index contributed by atoms with van der Waals surface area (Å²) >= 11 is 12.8. The van der Waals surface area contributed by atoms with E-state index in [0.29, 0.717) is 16.6 Å². The van der Waals surface area contributed by atoms with Crippen molar-refractivity contribution < 1.29 is 9.59 Å². The van der Waals surface area contributed by atoms with Gasteiger partial charge in [-0.3, -0.25) is 9.59 Å². The molecule has 2 unspecified atom stereocenters. The maximum absolute atomic E-state index is 14.4. The Morgan fingerprint density at radius 3 is 2.30 bits per heavy atom. The van der Waals surface area contributed by atoms with Gasteiger partial charge in [0.15, 0.2) is 0 Å². The molecule has 2 atom stereocenters. The fraction of sp³-hybridized carbons (Fsp3) is 0.333. The van der Waals surface area contributed by atoms with Crippen molar-refractivity contribution in [2.24, 2.45) is 5.92 Å². The van der Waals surface area contributed by atoms with Crippen LogP contribution in [0.3, 0.4) is 0 Å². The number of benzene rings is 4. The monoisotopic (exact) mass is 613 g/mol. The van der Waals surface area contributed by atoms with Crippen LogP contribution in [0.4, 0.5) is 0 Å². The van der Waals surface area contributed by atoms with Gasteiger partial charge in [0, 0.05) is 40.2 Å². The van der Waals surface area contributed by atoms with Gasteiger partial charge in [-0.1, -0.05) is 102 Å². The van der Waals surface area contributed by atoms with Crippen molar-refractivity contribution in [3.63, 3.8) is 0 Å². The summed E-state index contributed by atoms with van der Waals surface area (Å²) in [7, 11) is 1.90. The molecule has 7 heteroatoms. The zero-order chi connectivity index (χ0) is 30.2. The molecule has 5 nitrogen and oxygen atoms in total. The molecule has 2 aliphatic rings. The predicted molar refractivity (Wildman–Crippen MR) is 174 cm³/mol. The van der Waals surface area contributed by atoms with Crippen LogP contribution in [-0.2, 0) is 27.1 Å². The number of nitrogens with one attached hydrogen (secondary N) is 1. The van der Waals surface area contributed by atoms with E-state index in [0.717, 1.165) is 61.0 Å². The number of carbonyl (C=O) groups excluding carboxylic acids is 2. The third kappa shape index (κ3) is 5.78. The molecule has 1 N–H and O–H groups in total. The summed E-state index contributed by atoms with van der Waals surface area (Å²) in [6.07, 6.45) is 2.39. The molecule has 2 fully saturated rings. The molecule has 6 rings (SSSR count). The van der Waals surface area contributed by atoms with E-state index in [1.807, 2.05) is 54.4 Å². The first-order valence-electron chi connectivity index (χ1n) is 15.0. The highest BCUT2D eigenvalue weighted by Gasteiger charge is 2.62. The quantitative estimate of drug-likeness (QED) is 0.229. The van der Waals surface area contributed by atoms with Crippen LogP contribution in [0.1, 0.15) is 42.9 Å². The Bertz CT molecular complexity index is 1650. The van der Waals surface area contributed by atoms with Crippen LogP contribution < -0.4 is 5.32 Å². The van der Waals surface area contributed by atoms with Crippen molar-refractivity contribution in [2.75, 3.05) is 26.7 Å². The number of likely N-dealkylation sites (tertiary alicyclic amines) is 1. The lowest BCUT2D eigenvalue weighted by Gasteiger charge is -2.43. The number of amides is 2. The summed E-state index contributed by atoms with van der Waals surface area (Å²) in [5, 5.41) is 6.55. The molecule has 1 saturated carbocycles. The molecule has 4 aromatic carbocycles. The van der Waals surface area contributed by atoms with Gasteiger partial charge in [0.25, 0.3) is 0 Å². The van der Waals surface area contributed by atoms with Crippen molar-refractivity contribution in [3.05, 3.63) is 118 Å². The van der Waals surface area contributed by atoms with Crippen LogP contribution in [-0.4, -0.2) is 48.3 Å². The number of nitrogens with zero attached hydrogens (tertiary/aromatic N) is 2. The maximum Gasteiger partial charge on any atom is 0.233 e. The highest BCUT2D eigenvalue weighted by molar-refractivity contribution is 6.42. The number of hydrogen-bond donors (Lipinski definition) is 1. The van der Waals surface area contributed by atoms with Gasteiger partial charge >= 0.3 is 0 Å². The molecule has 1 aliphatic heterocycles. The van der Waals surface area contributed by atoms with E-state index in [1.165, 1.54) is 5.39 Å². The average molecular weight is 615 g/mol. The SMILES string of the molecule is CC(=O)NC1(c2ccccc2)CCN(CC2CC2(C(=O)N(C)Cc2cccc3ccccc23)c2ccc(Cl)c(Cl)c2)CC1. The Morgan fingerprint density at radius 1 is 0.884 bits per heavy atom. The van der Waals surface area contributed by atoms with Crippen molar-refractivity contribution in [1.82, 2.24) is 15.1 Å². The highest BCUT2D eigenvalue weighted by atomic mass is 35.5. The van der Waals surface area contributed by atoms with E-state index in [2.05, 4.69) is 52.7 Å². The van der Waals surface area contributed by atoms with E-state index in [1.54, 1.807) is 13.0 Å². The third-order valence-electron chi connectivity index (χ3n) is 9.49. The van der Waals surface area contributed by atoms with E-state index in [4.69, 9.17) is 23.2 Å². The van der Waals surface area contributed by atoms with Crippen molar-refractivity contribution in [2.45, 2.75) is 43.7 Å². The average Bonchev–Trinajstić information content (AvgIpc) is 3.74. The van der Waals surface area contributed by atoms with Gasteiger partial charge in [-0.2, -0.15) is 0 Å². The molecule has 0 radical (unpaired) electrons. The zero-order valence-corrected chi connectivity index (χ0v) is 26.2. The second kappa shape index (κ2) is 12.0. The molecule has 1 heterocycles. The number of rotatable bonds is 8. The van der Waals surface area contributed by atoms with E-state index in [-0.39, 0.29) is 23.3 Å². The molecule has 1 aliphatic carbocycles. The van der Waals surface area contributed by atoms with E-state index >= 15 is 0 Å². The minimum atomic E-state index is -0.654. The fourth-order valence-electron chi connectivity index (χ4n) is 7.17. The van der Waals surface area contributed by atoms with Crippen LogP contribution in [0, 0.1) is 5.92 Å². The lowest BCUT2D eigenvalue weighted by atomic mass is 9.80. The Kier molecular flexibility index (Phi) is 8.25. The first kappa shape index (κ1) is 29.7. The van der Waals surface area contributed by atoms with Crippen LogP contribution in [0.25, 0.3) is 10.8 Å². The second-order valence-electron chi connectivity index (χ2n) is 12.2. The van der Waals surface area contributed by atoms with Gasteiger partial charge in [0.2, 0.25) is 11.8 Å². The van der Waals surface area contributed by atoms with Crippen LogP contribution in [0.15, 0.2) is 91.0 Å². The molecule has 2 amide bonds. The van der Waals surface area contributed by atoms with Crippen LogP contribution in [0.5, 0.6) is 0 Å². The molecule has 0 aromatic heterocycles. The normalized spacial score (nSPS) is 21.3. The summed E-state index contributed by atoms with van der Waals surface area (Å²) < 4.78 is 0.